The van der Waals surface area contributed by atoms with E-state index in [1.54, 1.807) is 0 Å². The third-order valence-electron chi connectivity index (χ3n) is 3.94. The number of morpholine rings is 1. The van der Waals surface area contributed by atoms with Crippen LogP contribution in [0.15, 0.2) is 0 Å². The quantitative estimate of drug-likeness (QED) is 0.721. The maximum Gasteiger partial charge on any atom is 0.0594 e. The van der Waals surface area contributed by atoms with Crippen molar-refractivity contribution in [2.24, 2.45) is 11.3 Å². The highest BCUT2D eigenvalue weighted by Gasteiger charge is 2.19. The third kappa shape index (κ3) is 6.39. The highest BCUT2D eigenvalue weighted by Crippen LogP contribution is 2.27. The van der Waals surface area contributed by atoms with Crippen molar-refractivity contribution in [1.82, 2.24) is 10.2 Å². The van der Waals surface area contributed by atoms with Crippen molar-refractivity contribution < 1.29 is 4.74 Å². The van der Waals surface area contributed by atoms with Gasteiger partial charge in [-0.2, -0.15) is 0 Å². The van der Waals surface area contributed by atoms with Crippen molar-refractivity contribution in [3.63, 3.8) is 0 Å². The van der Waals surface area contributed by atoms with Crippen LogP contribution in [0.4, 0.5) is 0 Å². The topological polar surface area (TPSA) is 24.5 Å². The molecule has 0 spiro atoms. The molecule has 102 valence electrons. The van der Waals surface area contributed by atoms with Gasteiger partial charge in [0, 0.05) is 26.2 Å². The molecule has 17 heavy (non-hydrogen) atoms. The van der Waals surface area contributed by atoms with Crippen molar-refractivity contribution in [3.8, 4) is 0 Å². The number of hydrogen-bond acceptors (Lipinski definition) is 3. The number of hydrogen-bond donors (Lipinski definition) is 1. The van der Waals surface area contributed by atoms with Gasteiger partial charge in [0.1, 0.15) is 0 Å². The predicted octanol–water partition coefficient (Wildman–Crippen LogP) is 1.98. The van der Waals surface area contributed by atoms with E-state index in [4.69, 9.17) is 4.74 Å². The molecule has 1 heterocycles. The minimum absolute atomic E-state index is 0.436. The average molecular weight is 242 g/mol. The Balaban J connectivity index is 1.97. The summed E-state index contributed by atoms with van der Waals surface area (Å²) in [5, 5.41) is 3.55. The van der Waals surface area contributed by atoms with Crippen LogP contribution < -0.4 is 5.32 Å². The monoisotopic (exact) mass is 242 g/mol. The smallest absolute Gasteiger partial charge is 0.0594 e. The van der Waals surface area contributed by atoms with Gasteiger partial charge in [-0.05, 0) is 24.3 Å². The first-order valence-corrected chi connectivity index (χ1v) is 7.01. The Kier molecular flexibility index (Phi) is 6.45. The Bertz CT molecular complexity index is 195. The average Bonchev–Trinajstić information content (AvgIpc) is 2.28. The molecular weight excluding hydrogens is 212 g/mol. The van der Waals surface area contributed by atoms with E-state index in [9.17, 15) is 0 Å². The Labute approximate surface area is 107 Å². The van der Waals surface area contributed by atoms with Crippen molar-refractivity contribution >= 4 is 0 Å². The molecule has 1 unspecified atom stereocenters. The maximum absolute atomic E-state index is 5.33. The van der Waals surface area contributed by atoms with Crippen LogP contribution in [-0.4, -0.2) is 50.8 Å². The zero-order chi connectivity index (χ0) is 12.7. The standard InChI is InChI=1S/C14H30N2O/c1-13(14(2,3)4)5-6-15-7-8-16-9-11-17-12-10-16/h13,15H,5-12H2,1-4H3. The molecule has 0 aromatic carbocycles. The molecule has 1 N–H and O–H groups in total. The first-order valence-electron chi connectivity index (χ1n) is 7.01. The Morgan fingerprint density at radius 1 is 1.18 bits per heavy atom. The summed E-state index contributed by atoms with van der Waals surface area (Å²) in [4.78, 5) is 2.48. The Morgan fingerprint density at radius 3 is 2.41 bits per heavy atom. The Morgan fingerprint density at radius 2 is 1.82 bits per heavy atom. The molecule has 3 nitrogen and oxygen atoms in total. The van der Waals surface area contributed by atoms with Crippen molar-refractivity contribution in [3.05, 3.63) is 0 Å². The summed E-state index contributed by atoms with van der Waals surface area (Å²) in [6, 6.07) is 0. The largest absolute Gasteiger partial charge is 0.379 e. The third-order valence-corrected chi connectivity index (χ3v) is 3.94. The van der Waals surface area contributed by atoms with E-state index in [1.165, 1.54) is 6.42 Å². The summed E-state index contributed by atoms with van der Waals surface area (Å²) in [5.41, 5.74) is 0.436. The summed E-state index contributed by atoms with van der Waals surface area (Å²) in [6.45, 7) is 16.7. The zero-order valence-electron chi connectivity index (χ0n) is 12.1. The first-order chi connectivity index (χ1) is 8.00. The first kappa shape index (κ1) is 14.9. The molecule has 1 aliphatic rings. The predicted molar refractivity (Wildman–Crippen MR) is 73.4 cm³/mol. The summed E-state index contributed by atoms with van der Waals surface area (Å²) >= 11 is 0. The summed E-state index contributed by atoms with van der Waals surface area (Å²) in [7, 11) is 0. The molecule has 1 saturated heterocycles. The van der Waals surface area contributed by atoms with E-state index < -0.39 is 0 Å². The minimum atomic E-state index is 0.436. The van der Waals surface area contributed by atoms with Gasteiger partial charge in [0.15, 0.2) is 0 Å². The van der Waals surface area contributed by atoms with E-state index in [2.05, 4.69) is 37.9 Å². The van der Waals surface area contributed by atoms with Crippen molar-refractivity contribution in [1.29, 1.82) is 0 Å². The lowest BCUT2D eigenvalue weighted by Crippen LogP contribution is -2.40. The van der Waals surface area contributed by atoms with Crippen LogP contribution in [0.1, 0.15) is 34.1 Å². The lowest BCUT2D eigenvalue weighted by Gasteiger charge is -2.28. The molecular formula is C14H30N2O. The van der Waals surface area contributed by atoms with Crippen LogP contribution in [-0.2, 0) is 4.74 Å². The van der Waals surface area contributed by atoms with Gasteiger partial charge in [-0.3, -0.25) is 4.90 Å². The van der Waals surface area contributed by atoms with E-state index in [-0.39, 0.29) is 0 Å². The summed E-state index contributed by atoms with van der Waals surface area (Å²) in [6.07, 6.45) is 1.27. The van der Waals surface area contributed by atoms with Crippen LogP contribution >= 0.6 is 0 Å². The highest BCUT2D eigenvalue weighted by atomic mass is 16.5. The minimum Gasteiger partial charge on any atom is -0.379 e. The molecule has 0 radical (unpaired) electrons. The molecule has 1 aliphatic heterocycles. The molecule has 0 bridgehead atoms. The van der Waals surface area contributed by atoms with Crippen LogP contribution in [0, 0.1) is 11.3 Å². The fourth-order valence-corrected chi connectivity index (χ4v) is 1.94. The molecule has 1 fully saturated rings. The number of ether oxygens (including phenoxy) is 1. The molecule has 1 rings (SSSR count). The molecule has 0 amide bonds. The normalized spacial score (nSPS) is 20.5. The number of rotatable bonds is 6. The van der Waals surface area contributed by atoms with Gasteiger partial charge >= 0.3 is 0 Å². The fraction of sp³-hybridized carbons (Fsp3) is 1.00. The summed E-state index contributed by atoms with van der Waals surface area (Å²) < 4.78 is 5.33. The molecule has 0 saturated carbocycles. The van der Waals surface area contributed by atoms with Gasteiger partial charge in [-0.15, -0.1) is 0 Å². The van der Waals surface area contributed by atoms with Gasteiger partial charge in [-0.1, -0.05) is 27.7 Å². The van der Waals surface area contributed by atoms with Crippen LogP contribution in [0.2, 0.25) is 0 Å². The van der Waals surface area contributed by atoms with Gasteiger partial charge < -0.3 is 10.1 Å². The van der Waals surface area contributed by atoms with E-state index >= 15 is 0 Å². The second-order valence-corrected chi connectivity index (χ2v) is 6.26. The molecule has 3 heteroatoms. The van der Waals surface area contributed by atoms with E-state index in [0.29, 0.717) is 5.41 Å². The van der Waals surface area contributed by atoms with E-state index in [0.717, 1.165) is 51.9 Å². The van der Waals surface area contributed by atoms with Gasteiger partial charge in [0.05, 0.1) is 13.2 Å². The highest BCUT2D eigenvalue weighted by molar-refractivity contribution is 4.71. The lowest BCUT2D eigenvalue weighted by atomic mass is 9.80. The SMILES string of the molecule is CC(CCNCCN1CCOCC1)C(C)(C)C. The molecule has 0 aromatic heterocycles. The second-order valence-electron chi connectivity index (χ2n) is 6.26. The number of nitrogens with one attached hydrogen (secondary N) is 1. The van der Waals surface area contributed by atoms with Crippen LogP contribution in [0.3, 0.4) is 0 Å². The number of nitrogens with zero attached hydrogens (tertiary/aromatic N) is 1. The molecule has 0 aliphatic carbocycles. The zero-order valence-corrected chi connectivity index (χ0v) is 12.1. The van der Waals surface area contributed by atoms with Gasteiger partial charge in [-0.25, -0.2) is 0 Å². The van der Waals surface area contributed by atoms with Crippen LogP contribution in [0.25, 0.3) is 0 Å². The fourth-order valence-electron chi connectivity index (χ4n) is 1.94. The van der Waals surface area contributed by atoms with Gasteiger partial charge in [0.25, 0.3) is 0 Å². The maximum atomic E-state index is 5.33. The van der Waals surface area contributed by atoms with Gasteiger partial charge in [0.2, 0.25) is 0 Å². The summed E-state index contributed by atoms with van der Waals surface area (Å²) in [5.74, 6) is 0.776. The lowest BCUT2D eigenvalue weighted by molar-refractivity contribution is 0.0384. The van der Waals surface area contributed by atoms with Crippen molar-refractivity contribution in [2.75, 3.05) is 45.9 Å². The Hall–Kier alpha value is -0.120. The molecule has 0 aromatic rings. The van der Waals surface area contributed by atoms with E-state index in [1.807, 2.05) is 0 Å². The second kappa shape index (κ2) is 7.34. The molecule has 1 atom stereocenters. The van der Waals surface area contributed by atoms with Crippen molar-refractivity contribution in [2.45, 2.75) is 34.1 Å². The van der Waals surface area contributed by atoms with Crippen LogP contribution in [0.5, 0.6) is 0 Å².